The van der Waals surface area contributed by atoms with Gasteiger partial charge in [0, 0.05) is 5.33 Å². The van der Waals surface area contributed by atoms with Gasteiger partial charge in [0.25, 0.3) is 0 Å². The Labute approximate surface area is 117 Å². The van der Waals surface area contributed by atoms with E-state index in [1.54, 1.807) is 6.08 Å². The molecule has 0 aliphatic heterocycles. The molecule has 0 spiro atoms. The standard InChI is InChI=1S/C14H19BrO3/c1-2-13-3-5-14(6-4-13)18-12-11-17-10-9-16-8-7-15/h2-6H,1,7-12H2. The van der Waals surface area contributed by atoms with E-state index in [1.807, 2.05) is 24.3 Å². The average molecular weight is 315 g/mol. The number of hydrogen-bond acceptors (Lipinski definition) is 3. The fraction of sp³-hybridized carbons (Fsp3) is 0.429. The van der Waals surface area contributed by atoms with E-state index in [4.69, 9.17) is 14.2 Å². The van der Waals surface area contributed by atoms with Crippen molar-refractivity contribution < 1.29 is 14.2 Å². The lowest BCUT2D eigenvalue weighted by molar-refractivity contribution is 0.0414. The first-order chi connectivity index (χ1) is 8.86. The van der Waals surface area contributed by atoms with Crippen LogP contribution in [0.5, 0.6) is 5.75 Å². The zero-order valence-corrected chi connectivity index (χ0v) is 12.0. The molecule has 1 rings (SSSR count). The molecule has 0 aliphatic rings. The summed E-state index contributed by atoms with van der Waals surface area (Å²) in [5, 5.41) is 0.858. The Hall–Kier alpha value is -0.840. The van der Waals surface area contributed by atoms with Gasteiger partial charge in [-0.25, -0.2) is 0 Å². The fourth-order valence-corrected chi connectivity index (χ4v) is 1.52. The van der Waals surface area contributed by atoms with Crippen molar-refractivity contribution in [2.45, 2.75) is 0 Å². The highest BCUT2D eigenvalue weighted by atomic mass is 79.9. The molecule has 0 atom stereocenters. The van der Waals surface area contributed by atoms with Gasteiger partial charge in [0.05, 0.1) is 26.4 Å². The topological polar surface area (TPSA) is 27.7 Å². The Morgan fingerprint density at radius 3 is 2.17 bits per heavy atom. The van der Waals surface area contributed by atoms with Crippen molar-refractivity contribution in [2.24, 2.45) is 0 Å². The van der Waals surface area contributed by atoms with Crippen LogP contribution in [-0.4, -0.2) is 38.4 Å². The largest absolute Gasteiger partial charge is 0.491 e. The highest BCUT2D eigenvalue weighted by Crippen LogP contribution is 2.12. The molecule has 100 valence electrons. The molecule has 0 aromatic heterocycles. The molecule has 0 unspecified atom stereocenters. The van der Waals surface area contributed by atoms with Crippen molar-refractivity contribution in [3.63, 3.8) is 0 Å². The summed E-state index contributed by atoms with van der Waals surface area (Å²) >= 11 is 3.29. The number of rotatable bonds is 10. The summed E-state index contributed by atoms with van der Waals surface area (Å²) in [6.07, 6.45) is 1.81. The number of halogens is 1. The van der Waals surface area contributed by atoms with E-state index in [-0.39, 0.29) is 0 Å². The van der Waals surface area contributed by atoms with Gasteiger partial charge in [-0.2, -0.15) is 0 Å². The van der Waals surface area contributed by atoms with E-state index in [2.05, 4.69) is 22.5 Å². The van der Waals surface area contributed by atoms with Gasteiger partial charge in [0.2, 0.25) is 0 Å². The number of hydrogen-bond donors (Lipinski definition) is 0. The average Bonchev–Trinajstić information content (AvgIpc) is 2.42. The monoisotopic (exact) mass is 314 g/mol. The van der Waals surface area contributed by atoms with Crippen molar-refractivity contribution in [3.8, 4) is 5.75 Å². The Bertz CT molecular complexity index is 324. The van der Waals surface area contributed by atoms with Gasteiger partial charge in [-0.15, -0.1) is 0 Å². The predicted octanol–water partition coefficient (Wildman–Crippen LogP) is 3.14. The maximum atomic E-state index is 5.53. The first-order valence-corrected chi connectivity index (χ1v) is 7.05. The van der Waals surface area contributed by atoms with E-state index in [0.29, 0.717) is 26.4 Å². The van der Waals surface area contributed by atoms with Crippen LogP contribution in [-0.2, 0) is 9.47 Å². The van der Waals surface area contributed by atoms with Gasteiger partial charge in [0.15, 0.2) is 0 Å². The minimum absolute atomic E-state index is 0.548. The molecule has 1 aromatic carbocycles. The molecule has 0 saturated carbocycles. The van der Waals surface area contributed by atoms with Gasteiger partial charge in [0.1, 0.15) is 12.4 Å². The molecule has 4 heteroatoms. The summed E-state index contributed by atoms with van der Waals surface area (Å²) in [5.41, 5.74) is 1.09. The molecule has 3 nitrogen and oxygen atoms in total. The second-order valence-corrected chi connectivity index (χ2v) is 4.33. The van der Waals surface area contributed by atoms with E-state index < -0.39 is 0 Å². The van der Waals surface area contributed by atoms with Crippen LogP contribution in [0.1, 0.15) is 5.56 Å². The minimum atomic E-state index is 0.548. The quantitative estimate of drug-likeness (QED) is 0.490. The van der Waals surface area contributed by atoms with Gasteiger partial charge >= 0.3 is 0 Å². The molecule has 0 heterocycles. The summed E-state index contributed by atoms with van der Waals surface area (Å²) in [7, 11) is 0. The van der Waals surface area contributed by atoms with Crippen molar-refractivity contribution in [2.75, 3.05) is 38.4 Å². The molecular formula is C14H19BrO3. The summed E-state index contributed by atoms with van der Waals surface area (Å²) < 4.78 is 16.1. The van der Waals surface area contributed by atoms with Crippen LogP contribution >= 0.6 is 15.9 Å². The van der Waals surface area contributed by atoms with E-state index in [1.165, 1.54) is 0 Å². The summed E-state index contributed by atoms with van der Waals surface area (Å²) in [6.45, 7) is 6.77. The second-order valence-electron chi connectivity index (χ2n) is 3.54. The SMILES string of the molecule is C=Cc1ccc(OCCOCCOCCBr)cc1. The normalized spacial score (nSPS) is 10.3. The maximum absolute atomic E-state index is 5.53. The Kier molecular flexibility index (Phi) is 8.55. The predicted molar refractivity (Wildman–Crippen MR) is 77.5 cm³/mol. The van der Waals surface area contributed by atoms with Gasteiger partial charge in [-0.05, 0) is 17.7 Å². The van der Waals surface area contributed by atoms with Crippen LogP contribution in [0, 0.1) is 0 Å². The Morgan fingerprint density at radius 1 is 0.944 bits per heavy atom. The van der Waals surface area contributed by atoms with Crippen molar-refractivity contribution in [1.82, 2.24) is 0 Å². The first kappa shape index (κ1) is 15.2. The van der Waals surface area contributed by atoms with Gasteiger partial charge < -0.3 is 14.2 Å². The van der Waals surface area contributed by atoms with Crippen LogP contribution < -0.4 is 4.74 Å². The second kappa shape index (κ2) is 10.1. The molecule has 0 N–H and O–H groups in total. The summed E-state index contributed by atoms with van der Waals surface area (Å²) in [6, 6.07) is 7.79. The third-order valence-electron chi connectivity index (χ3n) is 2.21. The third-order valence-corrected chi connectivity index (χ3v) is 2.53. The number of ether oxygens (including phenoxy) is 3. The lowest BCUT2D eigenvalue weighted by atomic mass is 10.2. The van der Waals surface area contributed by atoms with Crippen LogP contribution in [0.4, 0.5) is 0 Å². The molecule has 0 amide bonds. The van der Waals surface area contributed by atoms with Crippen LogP contribution in [0.3, 0.4) is 0 Å². The van der Waals surface area contributed by atoms with Gasteiger partial charge in [-0.1, -0.05) is 40.7 Å². The maximum Gasteiger partial charge on any atom is 0.119 e. The van der Waals surface area contributed by atoms with Crippen LogP contribution in [0.25, 0.3) is 6.08 Å². The molecule has 0 radical (unpaired) electrons. The fourth-order valence-electron chi connectivity index (χ4n) is 1.30. The van der Waals surface area contributed by atoms with Crippen LogP contribution in [0.2, 0.25) is 0 Å². The summed E-state index contributed by atoms with van der Waals surface area (Å²) in [5.74, 6) is 0.847. The third kappa shape index (κ3) is 6.79. The minimum Gasteiger partial charge on any atom is -0.491 e. The zero-order valence-electron chi connectivity index (χ0n) is 10.4. The lowest BCUT2D eigenvalue weighted by Crippen LogP contribution is -2.11. The lowest BCUT2D eigenvalue weighted by Gasteiger charge is -2.07. The summed E-state index contributed by atoms with van der Waals surface area (Å²) in [4.78, 5) is 0. The molecule has 0 aliphatic carbocycles. The highest BCUT2D eigenvalue weighted by Gasteiger charge is 1.94. The van der Waals surface area contributed by atoms with Crippen molar-refractivity contribution >= 4 is 22.0 Å². The molecular weight excluding hydrogens is 296 g/mol. The first-order valence-electron chi connectivity index (χ1n) is 5.93. The molecule has 0 saturated heterocycles. The van der Waals surface area contributed by atoms with Crippen molar-refractivity contribution in [1.29, 1.82) is 0 Å². The zero-order chi connectivity index (χ0) is 13.1. The molecule has 1 aromatic rings. The van der Waals surface area contributed by atoms with Gasteiger partial charge in [-0.3, -0.25) is 0 Å². The number of benzene rings is 1. The number of alkyl halides is 1. The van der Waals surface area contributed by atoms with E-state index >= 15 is 0 Å². The van der Waals surface area contributed by atoms with Crippen LogP contribution in [0.15, 0.2) is 30.8 Å². The Morgan fingerprint density at radius 2 is 1.56 bits per heavy atom. The highest BCUT2D eigenvalue weighted by molar-refractivity contribution is 9.09. The molecule has 0 bridgehead atoms. The molecule has 18 heavy (non-hydrogen) atoms. The van der Waals surface area contributed by atoms with E-state index in [0.717, 1.165) is 23.2 Å². The van der Waals surface area contributed by atoms with E-state index in [9.17, 15) is 0 Å². The smallest absolute Gasteiger partial charge is 0.119 e. The Balaban J connectivity index is 2.01. The van der Waals surface area contributed by atoms with Crippen molar-refractivity contribution in [3.05, 3.63) is 36.4 Å². The molecule has 0 fully saturated rings.